The maximum Gasteiger partial charge on any atom is 0.324 e. The maximum absolute atomic E-state index is 12.3. The van der Waals surface area contributed by atoms with Gasteiger partial charge in [0.2, 0.25) is 0 Å². The van der Waals surface area contributed by atoms with Gasteiger partial charge in [0.25, 0.3) is 0 Å². The van der Waals surface area contributed by atoms with E-state index in [1.54, 1.807) is 0 Å². The predicted molar refractivity (Wildman–Crippen MR) is 68.1 cm³/mol. The van der Waals surface area contributed by atoms with Gasteiger partial charge in [-0.15, -0.1) is 0 Å². The molecule has 1 aromatic rings. The summed E-state index contributed by atoms with van der Waals surface area (Å²) in [6, 6.07) is 5.96. The van der Waals surface area contributed by atoms with E-state index >= 15 is 0 Å². The highest BCUT2D eigenvalue weighted by molar-refractivity contribution is 5.95. The van der Waals surface area contributed by atoms with Gasteiger partial charge >= 0.3 is 6.03 Å². The van der Waals surface area contributed by atoms with E-state index in [0.29, 0.717) is 0 Å². The largest absolute Gasteiger partial charge is 0.398 e. The van der Waals surface area contributed by atoms with Crippen molar-refractivity contribution in [3.63, 3.8) is 0 Å². The van der Waals surface area contributed by atoms with E-state index in [9.17, 15) is 4.79 Å². The van der Waals surface area contributed by atoms with Crippen LogP contribution >= 0.6 is 0 Å². The van der Waals surface area contributed by atoms with Gasteiger partial charge in [-0.1, -0.05) is 6.07 Å². The van der Waals surface area contributed by atoms with Gasteiger partial charge in [0, 0.05) is 30.9 Å². The fourth-order valence-corrected chi connectivity index (χ4v) is 2.74. The third-order valence-electron chi connectivity index (χ3n) is 3.67. The number of hydrogen-bond acceptors (Lipinski definition) is 2. The second-order valence-electron chi connectivity index (χ2n) is 4.72. The van der Waals surface area contributed by atoms with Crippen LogP contribution in [0, 0.1) is 0 Å². The van der Waals surface area contributed by atoms with E-state index in [1.807, 2.05) is 28.0 Å². The number of urea groups is 1. The molecule has 2 N–H and O–H groups in total. The second kappa shape index (κ2) is 3.95. The Morgan fingerprint density at radius 1 is 1.18 bits per heavy atom. The molecular weight excluding hydrogens is 214 g/mol. The van der Waals surface area contributed by atoms with Gasteiger partial charge in [-0.05, 0) is 31.4 Å². The third kappa shape index (κ3) is 1.64. The molecule has 17 heavy (non-hydrogen) atoms. The smallest absolute Gasteiger partial charge is 0.324 e. The Bertz CT molecular complexity index is 452. The minimum atomic E-state index is 0.145. The molecule has 4 nitrogen and oxygen atoms in total. The summed E-state index contributed by atoms with van der Waals surface area (Å²) in [5.74, 6) is 0. The normalized spacial score (nSPS) is 18.6. The van der Waals surface area contributed by atoms with Crippen LogP contribution < -0.4 is 10.6 Å². The summed E-state index contributed by atoms with van der Waals surface area (Å²) in [7, 11) is 0. The van der Waals surface area contributed by atoms with E-state index in [0.717, 1.165) is 55.8 Å². The van der Waals surface area contributed by atoms with E-state index in [4.69, 9.17) is 5.73 Å². The number of hydrogen-bond donors (Lipinski definition) is 1. The fourth-order valence-electron chi connectivity index (χ4n) is 2.74. The number of fused-ring (bicyclic) bond motifs is 1. The monoisotopic (exact) mass is 231 g/mol. The first-order valence-corrected chi connectivity index (χ1v) is 6.21. The van der Waals surface area contributed by atoms with Crippen LogP contribution in [0.5, 0.6) is 0 Å². The van der Waals surface area contributed by atoms with Crippen molar-refractivity contribution in [1.82, 2.24) is 4.90 Å². The molecule has 2 heterocycles. The molecule has 0 unspecified atom stereocenters. The number of anilines is 2. The molecule has 2 aliphatic rings. The van der Waals surface area contributed by atoms with Crippen LogP contribution in [0.4, 0.5) is 16.2 Å². The zero-order valence-corrected chi connectivity index (χ0v) is 9.85. The van der Waals surface area contributed by atoms with Crippen LogP contribution in [0.15, 0.2) is 18.2 Å². The van der Waals surface area contributed by atoms with Crippen LogP contribution in [-0.2, 0) is 6.42 Å². The van der Waals surface area contributed by atoms with Crippen molar-refractivity contribution >= 4 is 17.4 Å². The van der Waals surface area contributed by atoms with Crippen LogP contribution in [0.3, 0.4) is 0 Å². The lowest BCUT2D eigenvalue weighted by Gasteiger charge is -2.24. The number of carbonyl (C=O) groups is 1. The Morgan fingerprint density at radius 3 is 2.71 bits per heavy atom. The number of rotatable bonds is 0. The molecular formula is C13H17N3O. The minimum absolute atomic E-state index is 0.145. The van der Waals surface area contributed by atoms with E-state index in [2.05, 4.69) is 0 Å². The van der Waals surface area contributed by atoms with Gasteiger partial charge in [-0.25, -0.2) is 4.79 Å². The lowest BCUT2D eigenvalue weighted by Crippen LogP contribution is -2.40. The standard InChI is InChI=1S/C13H17N3O/c14-11-4-3-5-12-10(11)6-9-16(12)13(17)15-7-1-2-8-15/h3-5H,1-2,6-9,14H2. The summed E-state index contributed by atoms with van der Waals surface area (Å²) in [6.45, 7) is 2.55. The van der Waals surface area contributed by atoms with Crippen LogP contribution in [0.25, 0.3) is 0 Å². The summed E-state index contributed by atoms with van der Waals surface area (Å²) in [5, 5.41) is 0. The van der Waals surface area contributed by atoms with Crippen molar-refractivity contribution in [2.75, 3.05) is 30.3 Å². The van der Waals surface area contributed by atoms with Gasteiger partial charge in [-0.3, -0.25) is 4.90 Å². The minimum Gasteiger partial charge on any atom is -0.398 e. The van der Waals surface area contributed by atoms with Crippen molar-refractivity contribution in [2.45, 2.75) is 19.3 Å². The fraction of sp³-hybridized carbons (Fsp3) is 0.462. The van der Waals surface area contributed by atoms with Gasteiger partial charge in [-0.2, -0.15) is 0 Å². The molecule has 3 rings (SSSR count). The lowest BCUT2D eigenvalue weighted by molar-refractivity contribution is 0.216. The molecule has 0 aromatic heterocycles. The van der Waals surface area contributed by atoms with Crippen LogP contribution in [0.2, 0.25) is 0 Å². The highest BCUT2D eigenvalue weighted by Crippen LogP contribution is 2.33. The zero-order valence-electron chi connectivity index (χ0n) is 9.85. The highest BCUT2D eigenvalue weighted by Gasteiger charge is 2.30. The first-order chi connectivity index (χ1) is 8.27. The Hall–Kier alpha value is -1.71. The number of likely N-dealkylation sites (tertiary alicyclic amines) is 1. The van der Waals surface area contributed by atoms with Crippen molar-refractivity contribution in [2.24, 2.45) is 0 Å². The highest BCUT2D eigenvalue weighted by atomic mass is 16.2. The summed E-state index contributed by atoms with van der Waals surface area (Å²) in [5.41, 5.74) is 8.87. The molecule has 2 aliphatic heterocycles. The van der Waals surface area contributed by atoms with Crippen LogP contribution in [0.1, 0.15) is 18.4 Å². The molecule has 1 aromatic carbocycles. The summed E-state index contributed by atoms with van der Waals surface area (Å²) in [6.07, 6.45) is 3.13. The van der Waals surface area contributed by atoms with Crippen molar-refractivity contribution < 1.29 is 4.79 Å². The molecule has 2 amide bonds. The summed E-state index contributed by atoms with van der Waals surface area (Å²) in [4.78, 5) is 16.1. The van der Waals surface area contributed by atoms with Gasteiger partial charge in [0.05, 0.1) is 5.69 Å². The number of nitrogens with zero attached hydrogens (tertiary/aromatic N) is 2. The number of benzene rings is 1. The third-order valence-corrected chi connectivity index (χ3v) is 3.67. The number of carbonyl (C=O) groups excluding carboxylic acids is 1. The van der Waals surface area contributed by atoms with E-state index in [1.165, 1.54) is 0 Å². The molecule has 4 heteroatoms. The number of amides is 2. The molecule has 0 radical (unpaired) electrons. The first kappa shape index (κ1) is 10.4. The lowest BCUT2D eigenvalue weighted by atomic mass is 10.1. The molecule has 0 spiro atoms. The quantitative estimate of drug-likeness (QED) is 0.693. The molecule has 0 aliphatic carbocycles. The van der Waals surface area contributed by atoms with E-state index < -0.39 is 0 Å². The van der Waals surface area contributed by atoms with Crippen molar-refractivity contribution in [3.8, 4) is 0 Å². The number of nitrogens with two attached hydrogens (primary N) is 1. The molecule has 0 saturated carbocycles. The Morgan fingerprint density at radius 2 is 1.94 bits per heavy atom. The number of nitrogen functional groups attached to an aromatic ring is 1. The SMILES string of the molecule is Nc1cccc2c1CCN2C(=O)N1CCCC1. The van der Waals surface area contributed by atoms with Gasteiger partial charge in [0.1, 0.15) is 0 Å². The topological polar surface area (TPSA) is 49.6 Å². The van der Waals surface area contributed by atoms with Gasteiger partial charge < -0.3 is 10.6 Å². The molecule has 0 bridgehead atoms. The van der Waals surface area contributed by atoms with Crippen LogP contribution in [-0.4, -0.2) is 30.6 Å². The summed E-state index contributed by atoms with van der Waals surface area (Å²) < 4.78 is 0. The Kier molecular flexibility index (Phi) is 2.42. The van der Waals surface area contributed by atoms with Crippen molar-refractivity contribution in [1.29, 1.82) is 0 Å². The first-order valence-electron chi connectivity index (χ1n) is 6.21. The summed E-state index contributed by atoms with van der Waals surface area (Å²) >= 11 is 0. The molecule has 1 fully saturated rings. The van der Waals surface area contributed by atoms with Crippen molar-refractivity contribution in [3.05, 3.63) is 23.8 Å². The predicted octanol–water partition coefficient (Wildman–Crippen LogP) is 1.85. The average molecular weight is 231 g/mol. The zero-order chi connectivity index (χ0) is 11.8. The Labute approximate surface area is 101 Å². The molecule has 90 valence electrons. The second-order valence-corrected chi connectivity index (χ2v) is 4.72. The van der Waals surface area contributed by atoms with Gasteiger partial charge in [0.15, 0.2) is 0 Å². The molecule has 1 saturated heterocycles. The maximum atomic E-state index is 12.3. The Balaban J connectivity index is 1.88. The average Bonchev–Trinajstić information content (AvgIpc) is 2.98. The van der Waals surface area contributed by atoms with E-state index in [-0.39, 0.29) is 6.03 Å². The molecule has 0 atom stereocenters.